The third kappa shape index (κ3) is 4.00. The fraction of sp³-hybridized carbons (Fsp3) is 0.588. The molecule has 1 fully saturated rings. The fourth-order valence-electron chi connectivity index (χ4n) is 3.08. The van der Waals surface area contributed by atoms with Gasteiger partial charge in [0.05, 0.1) is 12.1 Å². The van der Waals surface area contributed by atoms with Gasteiger partial charge < -0.3 is 10.0 Å². The zero-order valence-electron chi connectivity index (χ0n) is 13.3. The lowest BCUT2D eigenvalue weighted by atomic mass is 10.1. The summed E-state index contributed by atoms with van der Waals surface area (Å²) in [5.74, 6) is 0.186. The molecule has 0 radical (unpaired) electrons. The molecule has 2 unspecified atom stereocenters. The van der Waals surface area contributed by atoms with E-state index in [1.165, 1.54) is 0 Å². The Labute approximate surface area is 137 Å². The molecule has 4 nitrogen and oxygen atoms in total. The van der Waals surface area contributed by atoms with Crippen LogP contribution in [0.15, 0.2) is 24.3 Å². The minimum atomic E-state index is -0.595. The molecule has 122 valence electrons. The number of aliphatic hydroxyl groups excluding tert-OH is 1. The van der Waals surface area contributed by atoms with Gasteiger partial charge in [-0.15, -0.1) is 0 Å². The second kappa shape index (κ2) is 7.95. The number of carbonyl (C=O) groups excluding carboxylic acids is 1. The first-order valence-corrected chi connectivity index (χ1v) is 8.41. The van der Waals surface area contributed by atoms with Crippen molar-refractivity contribution in [2.75, 3.05) is 26.2 Å². The van der Waals surface area contributed by atoms with Crippen molar-refractivity contribution in [1.29, 1.82) is 0 Å². The Morgan fingerprint density at radius 2 is 2.00 bits per heavy atom. The van der Waals surface area contributed by atoms with Gasteiger partial charge >= 0.3 is 0 Å². The topological polar surface area (TPSA) is 43.8 Å². The van der Waals surface area contributed by atoms with Crippen LogP contribution in [0, 0.1) is 0 Å². The van der Waals surface area contributed by atoms with Crippen LogP contribution in [0.5, 0.6) is 0 Å². The van der Waals surface area contributed by atoms with Crippen LogP contribution in [-0.4, -0.2) is 53.0 Å². The summed E-state index contributed by atoms with van der Waals surface area (Å²) in [7, 11) is 0. The molecule has 1 N–H and O–H groups in total. The average molecular weight is 325 g/mol. The molecular weight excluding hydrogens is 300 g/mol. The minimum Gasteiger partial charge on any atom is -0.387 e. The molecule has 1 saturated heterocycles. The molecule has 2 rings (SSSR count). The van der Waals surface area contributed by atoms with E-state index in [0.29, 0.717) is 11.6 Å². The molecule has 0 aromatic heterocycles. The summed E-state index contributed by atoms with van der Waals surface area (Å²) in [6.07, 6.45) is 1.29. The Morgan fingerprint density at radius 1 is 1.36 bits per heavy atom. The predicted molar refractivity (Wildman–Crippen MR) is 88.9 cm³/mol. The third-order valence-corrected chi connectivity index (χ3v) is 4.64. The van der Waals surface area contributed by atoms with Gasteiger partial charge in [0.25, 0.3) is 0 Å². The van der Waals surface area contributed by atoms with Crippen LogP contribution in [0.25, 0.3) is 0 Å². The van der Waals surface area contributed by atoms with Gasteiger partial charge in [0, 0.05) is 24.7 Å². The highest BCUT2D eigenvalue weighted by Crippen LogP contribution is 2.24. The van der Waals surface area contributed by atoms with E-state index in [-0.39, 0.29) is 11.9 Å². The maximum atomic E-state index is 12.6. The zero-order chi connectivity index (χ0) is 16.1. The summed E-state index contributed by atoms with van der Waals surface area (Å²) < 4.78 is 0. The molecule has 0 saturated carbocycles. The first-order valence-electron chi connectivity index (χ1n) is 8.03. The molecular formula is C17H25ClN2O2. The van der Waals surface area contributed by atoms with E-state index >= 15 is 0 Å². The van der Waals surface area contributed by atoms with Crippen molar-refractivity contribution in [2.24, 2.45) is 0 Å². The van der Waals surface area contributed by atoms with E-state index in [0.717, 1.165) is 38.0 Å². The molecule has 1 aliphatic rings. The minimum absolute atomic E-state index is 0.0955. The number of hydrogen-bond donors (Lipinski definition) is 1. The number of hydrogen-bond acceptors (Lipinski definition) is 3. The molecule has 1 aromatic rings. The van der Waals surface area contributed by atoms with E-state index in [1.807, 2.05) is 30.9 Å². The number of aliphatic hydroxyl groups is 1. The molecule has 2 atom stereocenters. The van der Waals surface area contributed by atoms with Crippen molar-refractivity contribution in [3.8, 4) is 0 Å². The Bertz CT molecular complexity index is 488. The van der Waals surface area contributed by atoms with Crippen LogP contribution in [0.3, 0.4) is 0 Å². The van der Waals surface area contributed by atoms with Gasteiger partial charge in [-0.05, 0) is 50.9 Å². The number of halogens is 1. The van der Waals surface area contributed by atoms with Crippen LogP contribution in [0.2, 0.25) is 5.02 Å². The predicted octanol–water partition coefficient (Wildman–Crippen LogP) is 2.71. The van der Waals surface area contributed by atoms with Crippen molar-refractivity contribution >= 4 is 17.5 Å². The van der Waals surface area contributed by atoms with Crippen LogP contribution in [0.4, 0.5) is 0 Å². The molecule has 5 heteroatoms. The first-order chi connectivity index (χ1) is 10.6. The van der Waals surface area contributed by atoms with E-state index in [9.17, 15) is 9.90 Å². The lowest BCUT2D eigenvalue weighted by molar-refractivity contribution is -0.136. The molecule has 0 bridgehead atoms. The van der Waals surface area contributed by atoms with E-state index in [4.69, 9.17) is 11.6 Å². The number of amides is 1. The Hall–Kier alpha value is -1.10. The number of β-amino-alcohol motifs (C(OH)–C–C–N with tert-alkyl or cyclic N) is 1. The highest BCUT2D eigenvalue weighted by Gasteiger charge is 2.33. The standard InChI is InChI=1S/C17H25ClN2O2/c1-3-19(4-2)17(22)15-6-5-11-20(15)12-16(21)13-7-9-14(18)10-8-13/h7-10,15-16,21H,3-6,11-12H2,1-2H3. The van der Waals surface area contributed by atoms with E-state index < -0.39 is 6.10 Å². The lowest BCUT2D eigenvalue weighted by Gasteiger charge is -2.30. The molecule has 1 heterocycles. The molecule has 22 heavy (non-hydrogen) atoms. The Balaban J connectivity index is 2.01. The molecule has 1 aromatic carbocycles. The van der Waals surface area contributed by atoms with Crippen LogP contribution in [0.1, 0.15) is 38.4 Å². The number of rotatable bonds is 6. The van der Waals surface area contributed by atoms with Crippen molar-refractivity contribution in [2.45, 2.75) is 38.8 Å². The molecule has 1 amide bonds. The second-order valence-electron chi connectivity index (χ2n) is 5.73. The Kier molecular flexibility index (Phi) is 6.24. The summed E-state index contributed by atoms with van der Waals surface area (Å²) in [5, 5.41) is 11.1. The quantitative estimate of drug-likeness (QED) is 0.875. The lowest BCUT2D eigenvalue weighted by Crippen LogP contribution is -2.46. The third-order valence-electron chi connectivity index (χ3n) is 4.39. The highest BCUT2D eigenvalue weighted by atomic mass is 35.5. The van der Waals surface area contributed by atoms with Gasteiger partial charge in [0.1, 0.15) is 0 Å². The van der Waals surface area contributed by atoms with Crippen LogP contribution >= 0.6 is 11.6 Å². The highest BCUT2D eigenvalue weighted by molar-refractivity contribution is 6.30. The van der Waals surface area contributed by atoms with Crippen molar-refractivity contribution < 1.29 is 9.90 Å². The van der Waals surface area contributed by atoms with Gasteiger partial charge in [-0.1, -0.05) is 23.7 Å². The second-order valence-corrected chi connectivity index (χ2v) is 6.17. The summed E-state index contributed by atoms with van der Waals surface area (Å²) in [6, 6.07) is 7.14. The number of nitrogens with zero attached hydrogens (tertiary/aromatic N) is 2. The van der Waals surface area contributed by atoms with E-state index in [2.05, 4.69) is 4.90 Å². The fourth-order valence-corrected chi connectivity index (χ4v) is 3.21. The Morgan fingerprint density at radius 3 is 2.59 bits per heavy atom. The van der Waals surface area contributed by atoms with Crippen molar-refractivity contribution in [3.63, 3.8) is 0 Å². The number of benzene rings is 1. The first kappa shape index (κ1) is 17.3. The van der Waals surface area contributed by atoms with Crippen molar-refractivity contribution in [3.05, 3.63) is 34.9 Å². The normalized spacial score (nSPS) is 20.1. The zero-order valence-corrected chi connectivity index (χ0v) is 14.1. The maximum absolute atomic E-state index is 12.6. The van der Waals surface area contributed by atoms with Gasteiger partial charge in [0.2, 0.25) is 5.91 Å². The molecule has 1 aliphatic heterocycles. The SMILES string of the molecule is CCN(CC)C(=O)C1CCCN1CC(O)c1ccc(Cl)cc1. The molecule has 0 aliphatic carbocycles. The van der Waals surface area contributed by atoms with E-state index in [1.54, 1.807) is 12.1 Å². The number of carbonyl (C=O) groups is 1. The summed E-state index contributed by atoms with van der Waals surface area (Å²) in [4.78, 5) is 16.5. The molecule has 0 spiro atoms. The van der Waals surface area contributed by atoms with Crippen LogP contribution in [-0.2, 0) is 4.79 Å². The summed E-state index contributed by atoms with van der Waals surface area (Å²) in [6.45, 7) is 6.83. The summed E-state index contributed by atoms with van der Waals surface area (Å²) >= 11 is 5.88. The largest absolute Gasteiger partial charge is 0.387 e. The number of likely N-dealkylation sites (N-methyl/N-ethyl adjacent to an activating group) is 1. The summed E-state index contributed by atoms with van der Waals surface area (Å²) in [5.41, 5.74) is 0.838. The van der Waals surface area contributed by atoms with Gasteiger partial charge in [0.15, 0.2) is 0 Å². The van der Waals surface area contributed by atoms with Crippen molar-refractivity contribution in [1.82, 2.24) is 9.80 Å². The average Bonchev–Trinajstić information content (AvgIpc) is 2.97. The maximum Gasteiger partial charge on any atom is 0.239 e. The van der Waals surface area contributed by atoms with Gasteiger partial charge in [-0.25, -0.2) is 0 Å². The number of likely N-dealkylation sites (tertiary alicyclic amines) is 1. The van der Waals surface area contributed by atoms with Gasteiger partial charge in [-0.3, -0.25) is 9.69 Å². The monoisotopic (exact) mass is 324 g/mol. The van der Waals surface area contributed by atoms with Crippen LogP contribution < -0.4 is 0 Å². The van der Waals surface area contributed by atoms with Gasteiger partial charge in [-0.2, -0.15) is 0 Å². The smallest absolute Gasteiger partial charge is 0.239 e.